The standard InChI is InChI=1S/C20H17FN2O4/c1-13(19(24)23-18-6-4-3-5-17(18)21)27-20(25)15(12-22)11-14-7-9-16(26-2)10-8-14/h3-11,13H,1-2H3,(H,23,24)/b15-11+/t13-/m0/s1. The SMILES string of the molecule is COc1ccc(/C=C(\C#N)C(=O)O[C@@H](C)C(=O)Nc2ccccc2F)cc1. The number of hydrogen-bond donors (Lipinski definition) is 1. The van der Waals surface area contributed by atoms with Crippen LogP contribution in [0.4, 0.5) is 10.1 Å². The van der Waals surface area contributed by atoms with E-state index in [1.807, 2.05) is 0 Å². The number of benzene rings is 2. The maximum Gasteiger partial charge on any atom is 0.349 e. The highest BCUT2D eigenvalue weighted by Gasteiger charge is 2.21. The Morgan fingerprint density at radius 2 is 1.85 bits per heavy atom. The molecule has 0 radical (unpaired) electrons. The molecule has 27 heavy (non-hydrogen) atoms. The maximum atomic E-state index is 13.6. The first-order valence-corrected chi connectivity index (χ1v) is 7.97. The normalized spacial score (nSPS) is 11.9. The molecule has 0 aliphatic carbocycles. The summed E-state index contributed by atoms with van der Waals surface area (Å²) in [6.07, 6.45) is 0.119. The number of amides is 1. The summed E-state index contributed by atoms with van der Waals surface area (Å²) >= 11 is 0. The van der Waals surface area contributed by atoms with Crippen LogP contribution in [-0.2, 0) is 14.3 Å². The van der Waals surface area contributed by atoms with Crippen molar-refractivity contribution in [2.24, 2.45) is 0 Å². The molecule has 0 aromatic heterocycles. The molecule has 0 heterocycles. The van der Waals surface area contributed by atoms with E-state index in [9.17, 15) is 19.2 Å². The summed E-state index contributed by atoms with van der Waals surface area (Å²) in [5, 5.41) is 11.5. The number of halogens is 1. The minimum atomic E-state index is -1.22. The van der Waals surface area contributed by atoms with Gasteiger partial charge in [-0.1, -0.05) is 24.3 Å². The molecule has 138 valence electrons. The molecule has 7 heteroatoms. The second-order valence-corrected chi connectivity index (χ2v) is 5.46. The van der Waals surface area contributed by atoms with Gasteiger partial charge in [-0.05, 0) is 42.8 Å². The predicted octanol–water partition coefficient (Wildman–Crippen LogP) is 3.31. The summed E-state index contributed by atoms with van der Waals surface area (Å²) < 4.78 is 23.6. The Bertz CT molecular complexity index is 901. The summed E-state index contributed by atoms with van der Waals surface area (Å²) in [6, 6.07) is 14.0. The molecule has 1 N–H and O–H groups in total. The Morgan fingerprint density at radius 1 is 1.19 bits per heavy atom. The van der Waals surface area contributed by atoms with Crippen molar-refractivity contribution in [1.82, 2.24) is 0 Å². The number of carbonyl (C=O) groups is 2. The van der Waals surface area contributed by atoms with Gasteiger partial charge in [0.2, 0.25) is 0 Å². The Hall–Kier alpha value is -3.66. The number of nitrogens with zero attached hydrogens (tertiary/aromatic N) is 1. The van der Waals surface area contributed by atoms with Crippen molar-refractivity contribution in [2.45, 2.75) is 13.0 Å². The van der Waals surface area contributed by atoms with E-state index >= 15 is 0 Å². The molecule has 0 aliphatic rings. The number of methoxy groups -OCH3 is 1. The van der Waals surface area contributed by atoms with Crippen molar-refractivity contribution in [1.29, 1.82) is 5.26 Å². The molecule has 0 unspecified atom stereocenters. The smallest absolute Gasteiger partial charge is 0.349 e. The van der Waals surface area contributed by atoms with Gasteiger partial charge in [0.25, 0.3) is 5.91 Å². The molecule has 1 atom stereocenters. The van der Waals surface area contributed by atoms with Gasteiger partial charge in [0.15, 0.2) is 6.10 Å². The molecule has 2 aromatic carbocycles. The number of nitrogens with one attached hydrogen (secondary N) is 1. The van der Waals surface area contributed by atoms with E-state index < -0.39 is 23.8 Å². The van der Waals surface area contributed by atoms with E-state index in [1.54, 1.807) is 36.4 Å². The monoisotopic (exact) mass is 368 g/mol. The van der Waals surface area contributed by atoms with Gasteiger partial charge >= 0.3 is 5.97 Å². The third-order valence-electron chi connectivity index (χ3n) is 3.55. The third-order valence-corrected chi connectivity index (χ3v) is 3.55. The summed E-state index contributed by atoms with van der Waals surface area (Å²) in [5.41, 5.74) is 0.290. The number of hydrogen-bond acceptors (Lipinski definition) is 5. The van der Waals surface area contributed by atoms with Crippen LogP contribution in [0.15, 0.2) is 54.1 Å². The van der Waals surface area contributed by atoms with E-state index in [4.69, 9.17) is 9.47 Å². The van der Waals surface area contributed by atoms with Crippen molar-refractivity contribution < 1.29 is 23.5 Å². The summed E-state index contributed by atoms with van der Waals surface area (Å²) in [4.78, 5) is 24.2. The average molecular weight is 368 g/mol. The van der Waals surface area contributed by atoms with Crippen LogP contribution in [-0.4, -0.2) is 25.1 Å². The van der Waals surface area contributed by atoms with Crippen LogP contribution in [0.3, 0.4) is 0 Å². The maximum absolute atomic E-state index is 13.6. The van der Waals surface area contributed by atoms with E-state index in [-0.39, 0.29) is 11.3 Å². The summed E-state index contributed by atoms with van der Waals surface area (Å²) in [6.45, 7) is 1.33. The van der Waals surface area contributed by atoms with Crippen molar-refractivity contribution in [3.05, 3.63) is 65.5 Å². The lowest BCUT2D eigenvalue weighted by atomic mass is 10.1. The van der Waals surface area contributed by atoms with Crippen LogP contribution < -0.4 is 10.1 Å². The highest BCUT2D eigenvalue weighted by atomic mass is 19.1. The van der Waals surface area contributed by atoms with Crippen LogP contribution in [0.5, 0.6) is 5.75 Å². The number of esters is 1. The zero-order chi connectivity index (χ0) is 19.8. The lowest BCUT2D eigenvalue weighted by Crippen LogP contribution is -2.30. The van der Waals surface area contributed by atoms with Gasteiger partial charge in [0.05, 0.1) is 12.8 Å². The zero-order valence-electron chi connectivity index (χ0n) is 14.7. The lowest BCUT2D eigenvalue weighted by molar-refractivity contribution is -0.148. The largest absolute Gasteiger partial charge is 0.497 e. The topological polar surface area (TPSA) is 88.4 Å². The Morgan fingerprint density at radius 3 is 2.44 bits per heavy atom. The van der Waals surface area contributed by atoms with Gasteiger partial charge in [-0.2, -0.15) is 5.26 Å². The first kappa shape index (κ1) is 19.7. The van der Waals surface area contributed by atoms with Gasteiger partial charge < -0.3 is 14.8 Å². The third kappa shape index (κ3) is 5.41. The second-order valence-electron chi connectivity index (χ2n) is 5.46. The molecule has 0 saturated heterocycles. The molecular formula is C20H17FN2O4. The fraction of sp³-hybridized carbons (Fsp3) is 0.150. The van der Waals surface area contributed by atoms with Crippen LogP contribution in [0.1, 0.15) is 12.5 Å². The number of ether oxygens (including phenoxy) is 2. The summed E-state index contributed by atoms with van der Waals surface area (Å²) in [5.74, 6) is -1.65. The molecule has 2 rings (SSSR count). The summed E-state index contributed by atoms with van der Waals surface area (Å²) in [7, 11) is 1.52. The Labute approximate surface area is 155 Å². The molecule has 0 bridgehead atoms. The zero-order valence-corrected chi connectivity index (χ0v) is 14.7. The van der Waals surface area contributed by atoms with Gasteiger partial charge in [0, 0.05) is 0 Å². The molecule has 2 aromatic rings. The highest BCUT2D eigenvalue weighted by Crippen LogP contribution is 2.16. The average Bonchev–Trinajstić information content (AvgIpc) is 2.68. The highest BCUT2D eigenvalue weighted by molar-refractivity contribution is 6.01. The van der Waals surface area contributed by atoms with Crippen molar-refractivity contribution in [3.63, 3.8) is 0 Å². The van der Waals surface area contributed by atoms with Gasteiger partial charge in [-0.15, -0.1) is 0 Å². The van der Waals surface area contributed by atoms with Crippen molar-refractivity contribution in [2.75, 3.05) is 12.4 Å². The minimum Gasteiger partial charge on any atom is -0.497 e. The van der Waals surface area contributed by atoms with Crippen LogP contribution in [0, 0.1) is 17.1 Å². The molecule has 0 aliphatic heterocycles. The predicted molar refractivity (Wildman–Crippen MR) is 97.2 cm³/mol. The molecule has 1 amide bonds. The number of rotatable bonds is 6. The van der Waals surface area contributed by atoms with E-state index in [2.05, 4.69) is 5.32 Å². The molecule has 0 fully saturated rings. The van der Waals surface area contributed by atoms with Gasteiger partial charge in [-0.3, -0.25) is 4.79 Å². The lowest BCUT2D eigenvalue weighted by Gasteiger charge is -2.13. The number of nitriles is 1. The van der Waals surface area contributed by atoms with E-state index in [1.165, 1.54) is 38.3 Å². The first-order chi connectivity index (χ1) is 12.9. The van der Waals surface area contributed by atoms with E-state index in [0.717, 1.165) is 0 Å². The first-order valence-electron chi connectivity index (χ1n) is 7.97. The molecule has 6 nitrogen and oxygen atoms in total. The fourth-order valence-corrected chi connectivity index (χ4v) is 2.08. The Balaban J connectivity index is 2.04. The van der Waals surface area contributed by atoms with Crippen LogP contribution in [0.2, 0.25) is 0 Å². The second kappa shape index (κ2) is 9.15. The number of para-hydroxylation sites is 1. The van der Waals surface area contributed by atoms with Gasteiger partial charge in [-0.25, -0.2) is 9.18 Å². The fourth-order valence-electron chi connectivity index (χ4n) is 2.08. The molecule has 0 spiro atoms. The molecule has 0 saturated carbocycles. The van der Waals surface area contributed by atoms with Crippen molar-refractivity contribution in [3.8, 4) is 11.8 Å². The quantitative estimate of drug-likeness (QED) is 0.480. The van der Waals surface area contributed by atoms with Crippen LogP contribution >= 0.6 is 0 Å². The minimum absolute atomic E-state index is 0.0281. The number of anilines is 1. The van der Waals surface area contributed by atoms with Gasteiger partial charge in [0.1, 0.15) is 23.2 Å². The molecular weight excluding hydrogens is 351 g/mol. The van der Waals surface area contributed by atoms with Crippen molar-refractivity contribution >= 4 is 23.6 Å². The number of carbonyl (C=O) groups excluding carboxylic acids is 2. The van der Waals surface area contributed by atoms with Crippen LogP contribution in [0.25, 0.3) is 6.08 Å². The van der Waals surface area contributed by atoms with E-state index in [0.29, 0.717) is 11.3 Å². The Kier molecular flexibility index (Phi) is 6.67.